The smallest absolute Gasteiger partial charge is 0.417 e. The van der Waals surface area contributed by atoms with Crippen molar-refractivity contribution in [1.82, 2.24) is 19.7 Å². The lowest BCUT2D eigenvalue weighted by Crippen LogP contribution is -2.51. The van der Waals surface area contributed by atoms with E-state index in [1.807, 2.05) is 42.2 Å². The summed E-state index contributed by atoms with van der Waals surface area (Å²) in [7, 11) is 0. The molecule has 1 atom stereocenters. The maximum atomic E-state index is 13.7. The van der Waals surface area contributed by atoms with E-state index in [2.05, 4.69) is 17.2 Å². The van der Waals surface area contributed by atoms with Crippen LogP contribution in [-0.2, 0) is 22.4 Å². The zero-order valence-electron chi connectivity index (χ0n) is 24.8. The minimum atomic E-state index is -1.00. The van der Waals surface area contributed by atoms with Gasteiger partial charge in [-0.25, -0.2) is 14.4 Å². The molecule has 0 bridgehead atoms. The summed E-state index contributed by atoms with van der Waals surface area (Å²) in [6, 6.07) is 11.4. The highest BCUT2D eigenvalue weighted by atomic mass is 16.6. The number of piperidine rings is 2. The lowest BCUT2D eigenvalue weighted by atomic mass is 9.98. The molecule has 2 saturated heterocycles. The molecule has 1 aromatic heterocycles. The Morgan fingerprint density at radius 3 is 2.49 bits per heavy atom. The molecule has 11 nitrogen and oxygen atoms in total. The number of urea groups is 1. The number of ether oxygens (including phenoxy) is 1. The molecule has 0 radical (unpaired) electrons. The normalized spacial score (nSPS) is 19.1. The summed E-state index contributed by atoms with van der Waals surface area (Å²) in [6.45, 7) is 6.79. The molecule has 4 heterocycles. The second kappa shape index (κ2) is 12.1. The quantitative estimate of drug-likeness (QED) is 0.457. The number of nitrogens with one attached hydrogen (secondary N) is 2. The monoisotopic (exact) mass is 589 g/mol. The number of anilines is 1. The van der Waals surface area contributed by atoms with Gasteiger partial charge in [0.25, 0.3) is 5.91 Å². The molecule has 2 N–H and O–H groups in total. The first-order valence-corrected chi connectivity index (χ1v) is 15.3. The fourth-order valence-corrected chi connectivity index (χ4v) is 6.53. The Bertz CT molecular complexity index is 1560. The maximum absolute atomic E-state index is 13.7. The lowest BCUT2D eigenvalue weighted by molar-refractivity contribution is -0.142. The van der Waals surface area contributed by atoms with Gasteiger partial charge < -0.3 is 29.2 Å². The second-order valence-electron chi connectivity index (χ2n) is 12.1. The van der Waals surface area contributed by atoms with Gasteiger partial charge in [-0.2, -0.15) is 0 Å². The van der Waals surface area contributed by atoms with Crippen LogP contribution >= 0.6 is 0 Å². The number of H-pyrrole nitrogens is 1. The van der Waals surface area contributed by atoms with Crippen LogP contribution in [0.5, 0.6) is 0 Å². The topological polar surface area (TPSA) is 128 Å². The number of fused-ring (bicyclic) bond motifs is 2. The average molecular weight is 590 g/mol. The van der Waals surface area contributed by atoms with Crippen LogP contribution in [0.3, 0.4) is 0 Å². The van der Waals surface area contributed by atoms with Gasteiger partial charge in [0.1, 0.15) is 0 Å². The van der Waals surface area contributed by atoms with Gasteiger partial charge in [0.05, 0.1) is 5.52 Å². The van der Waals surface area contributed by atoms with Gasteiger partial charge in [-0.05, 0) is 73.8 Å². The predicted octanol–water partition coefficient (Wildman–Crippen LogP) is 4.29. The van der Waals surface area contributed by atoms with E-state index in [9.17, 15) is 19.2 Å². The second-order valence-corrected chi connectivity index (χ2v) is 12.1. The van der Waals surface area contributed by atoms with Gasteiger partial charge in [0.15, 0.2) is 11.7 Å². The summed E-state index contributed by atoms with van der Waals surface area (Å²) in [4.78, 5) is 59.9. The molecule has 2 aromatic carbocycles. The first-order chi connectivity index (χ1) is 20.7. The Morgan fingerprint density at radius 1 is 1.00 bits per heavy atom. The first-order valence-electron chi connectivity index (χ1n) is 15.3. The number of carbonyl (C=O) groups is 3. The summed E-state index contributed by atoms with van der Waals surface area (Å²) in [5.41, 5.74) is 4.55. The molecule has 0 aliphatic carbocycles. The van der Waals surface area contributed by atoms with E-state index >= 15 is 0 Å². The van der Waals surface area contributed by atoms with Gasteiger partial charge in [0.2, 0.25) is 0 Å². The van der Waals surface area contributed by atoms with E-state index in [0.717, 1.165) is 41.6 Å². The number of hydrogen-bond donors (Lipinski definition) is 2. The molecule has 6 rings (SSSR count). The fraction of sp³-hybridized carbons (Fsp3) is 0.500. The Hall–Kier alpha value is -4.28. The number of oxazole rings is 1. The minimum absolute atomic E-state index is 0.0110. The molecule has 3 aliphatic rings. The van der Waals surface area contributed by atoms with Crippen molar-refractivity contribution in [3.05, 3.63) is 63.6 Å². The average Bonchev–Trinajstić information content (AvgIpc) is 3.29. The third kappa shape index (κ3) is 6.25. The third-order valence-electron chi connectivity index (χ3n) is 9.13. The number of nitrogens with zero attached hydrogens (tertiary/aromatic N) is 3. The number of likely N-dealkylation sites (tertiary alicyclic amines) is 2. The van der Waals surface area contributed by atoms with Crippen molar-refractivity contribution in [3.8, 4) is 0 Å². The summed E-state index contributed by atoms with van der Waals surface area (Å²) in [5.74, 6) is -0.195. The van der Waals surface area contributed by atoms with Crippen molar-refractivity contribution in [2.24, 2.45) is 5.92 Å². The van der Waals surface area contributed by atoms with Gasteiger partial charge in [-0.3, -0.25) is 9.78 Å². The van der Waals surface area contributed by atoms with Crippen molar-refractivity contribution in [2.45, 2.75) is 64.5 Å². The zero-order chi connectivity index (χ0) is 30.1. The van der Waals surface area contributed by atoms with Crippen LogP contribution in [0.2, 0.25) is 0 Å². The molecule has 2 fully saturated rings. The maximum Gasteiger partial charge on any atom is 0.417 e. The fourth-order valence-electron chi connectivity index (χ4n) is 6.53. The summed E-state index contributed by atoms with van der Waals surface area (Å²) >= 11 is 0. The minimum Gasteiger partial charge on any atom is -0.436 e. The van der Waals surface area contributed by atoms with Crippen molar-refractivity contribution in [3.63, 3.8) is 0 Å². The van der Waals surface area contributed by atoms with E-state index < -0.39 is 18.0 Å². The number of aromatic nitrogens is 1. The largest absolute Gasteiger partial charge is 0.436 e. The van der Waals surface area contributed by atoms with Crippen molar-refractivity contribution >= 4 is 34.8 Å². The highest BCUT2D eigenvalue weighted by Gasteiger charge is 2.35. The van der Waals surface area contributed by atoms with E-state index in [4.69, 9.17) is 9.15 Å². The molecule has 43 heavy (non-hydrogen) atoms. The number of aromatic amines is 1. The van der Waals surface area contributed by atoms with Crippen LogP contribution < -0.4 is 11.1 Å². The van der Waals surface area contributed by atoms with Gasteiger partial charge in [-0.15, -0.1) is 0 Å². The van der Waals surface area contributed by atoms with E-state index in [1.165, 1.54) is 0 Å². The molecule has 4 amide bonds. The Kier molecular flexibility index (Phi) is 8.14. The first kappa shape index (κ1) is 28.8. The predicted molar refractivity (Wildman–Crippen MR) is 161 cm³/mol. The van der Waals surface area contributed by atoms with Gasteiger partial charge >= 0.3 is 17.9 Å². The molecule has 0 unspecified atom stereocenters. The van der Waals surface area contributed by atoms with Crippen LogP contribution in [0, 0.1) is 12.8 Å². The van der Waals surface area contributed by atoms with Crippen molar-refractivity contribution < 1.29 is 23.5 Å². The van der Waals surface area contributed by atoms with Crippen molar-refractivity contribution in [1.29, 1.82) is 0 Å². The summed E-state index contributed by atoms with van der Waals surface area (Å²) in [6.07, 6.45) is 2.50. The number of para-hydroxylation sites is 1. The standard InChI is InChI=1S/C32H39N5O6/c1-20-7-12-35(13-8-20)29(38)27(19-22-17-21(2)28-26(18-22)42-31(40)34-28)43-32(41)36-14-10-24(11-15-36)37-16-9-23-5-3-4-6-25(23)33-30(37)39/h3-6,17-18,20,24,27H,7-16,19H2,1-2H3,(H,33,39)(H,34,40)/t27-/m1/s1. The number of hydrogen-bond acceptors (Lipinski definition) is 6. The molecular formula is C32H39N5O6. The number of aryl methyl sites for hydroxylation is 1. The number of rotatable bonds is 5. The van der Waals surface area contributed by atoms with Crippen LogP contribution in [0.1, 0.15) is 49.3 Å². The number of amides is 4. The molecule has 0 saturated carbocycles. The lowest BCUT2D eigenvalue weighted by Gasteiger charge is -2.38. The zero-order valence-corrected chi connectivity index (χ0v) is 24.8. The molecule has 0 spiro atoms. The Balaban J connectivity index is 1.12. The number of carbonyl (C=O) groups excluding carboxylic acids is 3. The molecule has 11 heteroatoms. The van der Waals surface area contributed by atoms with Crippen molar-refractivity contribution in [2.75, 3.05) is 38.0 Å². The highest BCUT2D eigenvalue weighted by Crippen LogP contribution is 2.26. The molecule has 3 aromatic rings. The molecular weight excluding hydrogens is 550 g/mol. The van der Waals surface area contributed by atoms with Crippen LogP contribution in [0.25, 0.3) is 11.1 Å². The number of benzene rings is 2. The van der Waals surface area contributed by atoms with E-state index in [0.29, 0.717) is 62.6 Å². The van der Waals surface area contributed by atoms with Crippen LogP contribution in [-0.4, -0.2) is 82.6 Å². The third-order valence-corrected chi connectivity index (χ3v) is 9.13. The molecule has 228 valence electrons. The van der Waals surface area contributed by atoms with Crippen LogP contribution in [0.4, 0.5) is 15.3 Å². The Labute approximate surface area is 250 Å². The van der Waals surface area contributed by atoms with E-state index in [1.54, 1.807) is 15.9 Å². The van der Waals surface area contributed by atoms with Gasteiger partial charge in [-0.1, -0.05) is 31.2 Å². The van der Waals surface area contributed by atoms with E-state index in [-0.39, 0.29) is 24.4 Å². The summed E-state index contributed by atoms with van der Waals surface area (Å²) < 4.78 is 11.2. The van der Waals surface area contributed by atoms with Gasteiger partial charge in [0, 0.05) is 50.9 Å². The molecule has 3 aliphatic heterocycles. The Morgan fingerprint density at radius 2 is 1.72 bits per heavy atom. The van der Waals surface area contributed by atoms with Crippen LogP contribution in [0.15, 0.2) is 45.6 Å². The highest BCUT2D eigenvalue weighted by molar-refractivity contribution is 5.91. The SMILES string of the molecule is Cc1cc(C[C@@H](OC(=O)N2CCC(N3CCc4ccccc4NC3=O)CC2)C(=O)N2CCC(C)CC2)cc2oc(=O)[nH]c12. The summed E-state index contributed by atoms with van der Waals surface area (Å²) in [5, 5.41) is 3.03.